The molecule has 0 fully saturated rings. The van der Waals surface area contributed by atoms with Crippen LogP contribution in [-0.2, 0) is 0 Å². The molecule has 5 N–H and O–H groups in total. The van der Waals surface area contributed by atoms with E-state index in [4.69, 9.17) is 11.5 Å². The van der Waals surface area contributed by atoms with E-state index in [0.29, 0.717) is 6.54 Å². The summed E-state index contributed by atoms with van der Waals surface area (Å²) in [6.45, 7) is 0.590. The second-order valence-electron chi connectivity index (χ2n) is 4.80. The molecule has 1 atom stereocenters. The van der Waals surface area contributed by atoms with Gasteiger partial charge in [-0.15, -0.1) is 0 Å². The summed E-state index contributed by atoms with van der Waals surface area (Å²) in [4.78, 5) is 4.26. The Kier molecular flexibility index (Phi) is 3.45. The first-order valence-electron chi connectivity index (χ1n) is 6.63. The summed E-state index contributed by atoms with van der Waals surface area (Å²) < 4.78 is 0. The molecule has 2 aromatic heterocycles. The molecule has 0 radical (unpaired) electrons. The van der Waals surface area contributed by atoms with Gasteiger partial charge in [-0.3, -0.25) is 5.10 Å². The van der Waals surface area contributed by atoms with Gasteiger partial charge in [-0.05, 0) is 41.8 Å². The van der Waals surface area contributed by atoms with Crippen molar-refractivity contribution in [3.05, 3.63) is 48.3 Å². The summed E-state index contributed by atoms with van der Waals surface area (Å²) in [5.74, 6) is 0. The van der Waals surface area contributed by atoms with Gasteiger partial charge in [0.15, 0.2) is 5.65 Å². The van der Waals surface area contributed by atoms with Gasteiger partial charge in [0, 0.05) is 17.6 Å². The summed E-state index contributed by atoms with van der Waals surface area (Å²) in [5, 5.41) is 7.94. The number of nitrogens with one attached hydrogen (secondary N) is 1. The van der Waals surface area contributed by atoms with Crippen LogP contribution in [-0.4, -0.2) is 21.7 Å². The van der Waals surface area contributed by atoms with Crippen molar-refractivity contribution in [3.8, 4) is 11.1 Å². The van der Waals surface area contributed by atoms with Crippen molar-refractivity contribution in [1.82, 2.24) is 15.2 Å². The van der Waals surface area contributed by atoms with E-state index in [1.165, 1.54) is 0 Å². The number of benzene rings is 1. The SMILES string of the molecule is NCCC(N)c1cccc(-c2ccnc3[nH]ncc23)c1. The molecular formula is C15H17N5. The van der Waals surface area contributed by atoms with Crippen molar-refractivity contribution in [2.45, 2.75) is 12.5 Å². The summed E-state index contributed by atoms with van der Waals surface area (Å²) in [7, 11) is 0. The molecule has 3 aromatic rings. The third-order valence-corrected chi connectivity index (χ3v) is 3.46. The maximum atomic E-state index is 6.13. The molecule has 0 aliphatic heterocycles. The Balaban J connectivity index is 2.06. The van der Waals surface area contributed by atoms with Crippen molar-refractivity contribution >= 4 is 11.0 Å². The lowest BCUT2D eigenvalue weighted by atomic mass is 9.97. The third-order valence-electron chi connectivity index (χ3n) is 3.46. The molecule has 102 valence electrons. The zero-order valence-corrected chi connectivity index (χ0v) is 11.1. The molecule has 0 bridgehead atoms. The topological polar surface area (TPSA) is 93.6 Å². The van der Waals surface area contributed by atoms with E-state index in [2.05, 4.69) is 27.3 Å². The van der Waals surface area contributed by atoms with E-state index < -0.39 is 0 Å². The van der Waals surface area contributed by atoms with E-state index >= 15 is 0 Å². The third kappa shape index (κ3) is 2.29. The number of hydrogen-bond acceptors (Lipinski definition) is 4. The monoisotopic (exact) mass is 267 g/mol. The van der Waals surface area contributed by atoms with Gasteiger partial charge >= 0.3 is 0 Å². The van der Waals surface area contributed by atoms with Gasteiger partial charge in [-0.2, -0.15) is 5.10 Å². The second-order valence-corrected chi connectivity index (χ2v) is 4.80. The predicted molar refractivity (Wildman–Crippen MR) is 79.9 cm³/mol. The Bertz CT molecular complexity index is 719. The summed E-state index contributed by atoms with van der Waals surface area (Å²) >= 11 is 0. The summed E-state index contributed by atoms with van der Waals surface area (Å²) in [6.07, 6.45) is 4.35. The lowest BCUT2D eigenvalue weighted by Crippen LogP contribution is -2.15. The predicted octanol–water partition coefficient (Wildman–Crippen LogP) is 1.97. The molecule has 5 heteroatoms. The average Bonchev–Trinajstić information content (AvgIpc) is 2.96. The number of nitrogens with zero attached hydrogens (tertiary/aromatic N) is 2. The van der Waals surface area contributed by atoms with Crippen LogP contribution < -0.4 is 11.5 Å². The first-order valence-corrected chi connectivity index (χ1v) is 6.63. The smallest absolute Gasteiger partial charge is 0.155 e. The lowest BCUT2D eigenvalue weighted by Gasteiger charge is -2.12. The van der Waals surface area contributed by atoms with Crippen LogP contribution in [0.4, 0.5) is 0 Å². The van der Waals surface area contributed by atoms with Crippen LogP contribution in [0.1, 0.15) is 18.0 Å². The van der Waals surface area contributed by atoms with E-state index in [9.17, 15) is 0 Å². The minimum atomic E-state index is -0.0263. The second kappa shape index (κ2) is 5.40. The largest absolute Gasteiger partial charge is 0.330 e. The Hall–Kier alpha value is -2.24. The van der Waals surface area contributed by atoms with E-state index in [-0.39, 0.29) is 6.04 Å². The number of pyridine rings is 1. The molecule has 1 aromatic carbocycles. The van der Waals surface area contributed by atoms with Crippen molar-refractivity contribution in [1.29, 1.82) is 0 Å². The quantitative estimate of drug-likeness (QED) is 0.673. The molecule has 5 nitrogen and oxygen atoms in total. The highest BCUT2D eigenvalue weighted by molar-refractivity contribution is 5.92. The lowest BCUT2D eigenvalue weighted by molar-refractivity contribution is 0.661. The minimum Gasteiger partial charge on any atom is -0.330 e. The number of nitrogens with two attached hydrogens (primary N) is 2. The summed E-state index contributed by atoms with van der Waals surface area (Å²) in [6, 6.07) is 10.2. The molecule has 3 rings (SSSR count). The van der Waals surface area contributed by atoms with Crippen molar-refractivity contribution in [2.24, 2.45) is 11.5 Å². The molecular weight excluding hydrogens is 250 g/mol. The molecule has 20 heavy (non-hydrogen) atoms. The Morgan fingerprint density at radius 1 is 1.25 bits per heavy atom. The molecule has 0 aliphatic carbocycles. The van der Waals surface area contributed by atoms with E-state index in [1.807, 2.05) is 18.2 Å². The van der Waals surface area contributed by atoms with Gasteiger partial charge in [0.25, 0.3) is 0 Å². The minimum absolute atomic E-state index is 0.0263. The number of rotatable bonds is 4. The van der Waals surface area contributed by atoms with Gasteiger partial charge in [-0.1, -0.05) is 18.2 Å². The van der Waals surface area contributed by atoms with Crippen molar-refractivity contribution in [3.63, 3.8) is 0 Å². The normalized spacial score (nSPS) is 12.7. The highest BCUT2D eigenvalue weighted by Gasteiger charge is 2.09. The van der Waals surface area contributed by atoms with Gasteiger partial charge in [0.2, 0.25) is 0 Å². The number of hydrogen-bond donors (Lipinski definition) is 3. The molecule has 0 aliphatic rings. The maximum Gasteiger partial charge on any atom is 0.155 e. The molecule has 0 amide bonds. The van der Waals surface area contributed by atoms with Crippen molar-refractivity contribution in [2.75, 3.05) is 6.54 Å². The number of aromatic amines is 1. The standard InChI is InChI=1S/C15H17N5/c16-6-4-14(17)11-3-1-2-10(8-11)12-5-7-18-15-13(12)9-19-20-15/h1-3,5,7-9,14H,4,6,16-17H2,(H,18,19,20). The first-order chi connectivity index (χ1) is 9.79. The van der Waals surface area contributed by atoms with E-state index in [1.54, 1.807) is 12.4 Å². The van der Waals surface area contributed by atoms with Gasteiger partial charge in [-0.25, -0.2) is 4.98 Å². The average molecular weight is 267 g/mol. The fourth-order valence-corrected chi connectivity index (χ4v) is 2.39. The Labute approximate surface area is 117 Å². The first kappa shape index (κ1) is 12.8. The highest BCUT2D eigenvalue weighted by atomic mass is 15.1. The molecule has 0 spiro atoms. The fraction of sp³-hybridized carbons (Fsp3) is 0.200. The van der Waals surface area contributed by atoms with Crippen molar-refractivity contribution < 1.29 is 0 Å². The van der Waals surface area contributed by atoms with Gasteiger partial charge < -0.3 is 11.5 Å². The zero-order valence-electron chi connectivity index (χ0n) is 11.1. The fourth-order valence-electron chi connectivity index (χ4n) is 2.39. The van der Waals surface area contributed by atoms with Crippen LogP contribution in [0.3, 0.4) is 0 Å². The molecule has 0 saturated heterocycles. The zero-order chi connectivity index (χ0) is 13.9. The highest BCUT2D eigenvalue weighted by Crippen LogP contribution is 2.28. The van der Waals surface area contributed by atoms with E-state index in [0.717, 1.165) is 34.1 Å². The van der Waals surface area contributed by atoms with Gasteiger partial charge in [0.05, 0.1) is 6.20 Å². The maximum absolute atomic E-state index is 6.13. The molecule has 1 unspecified atom stereocenters. The van der Waals surface area contributed by atoms with Gasteiger partial charge in [0.1, 0.15) is 0 Å². The van der Waals surface area contributed by atoms with Crippen LogP contribution in [0.25, 0.3) is 22.2 Å². The Morgan fingerprint density at radius 3 is 3.00 bits per heavy atom. The molecule has 0 saturated carbocycles. The number of aromatic nitrogens is 3. The summed E-state index contributed by atoms with van der Waals surface area (Å²) in [5.41, 5.74) is 15.8. The van der Waals surface area contributed by atoms with Crippen LogP contribution in [0.2, 0.25) is 0 Å². The van der Waals surface area contributed by atoms with Crippen LogP contribution in [0, 0.1) is 0 Å². The van der Waals surface area contributed by atoms with Crippen LogP contribution in [0.15, 0.2) is 42.7 Å². The van der Waals surface area contributed by atoms with Crippen LogP contribution >= 0.6 is 0 Å². The Morgan fingerprint density at radius 2 is 2.15 bits per heavy atom. The van der Waals surface area contributed by atoms with Crippen LogP contribution in [0.5, 0.6) is 0 Å². The number of fused-ring (bicyclic) bond motifs is 1. The number of H-pyrrole nitrogens is 1. The molecule has 2 heterocycles.